The van der Waals surface area contributed by atoms with E-state index in [0.29, 0.717) is 5.56 Å². The van der Waals surface area contributed by atoms with Crippen LogP contribution in [0.5, 0.6) is 0 Å². The van der Waals surface area contributed by atoms with Crippen LogP contribution < -0.4 is 4.72 Å². The van der Waals surface area contributed by atoms with E-state index in [1.807, 2.05) is 26.8 Å². The smallest absolute Gasteiger partial charge is 0.128 e. The standard InChI is InChI=1S/C15H20FN3OS.H2S/c1-10(19-21(20)15(2,3)4)13-6-5-11(7-14(13)16)12-8-17-18-9-12;/h5-10,19H,1-4H3,(H,17,18);1H2/t10-,21+;/m0./s1. The third kappa shape index (κ3) is 4.41. The average Bonchev–Trinajstić information content (AvgIpc) is 2.90. The van der Waals surface area contributed by atoms with E-state index >= 15 is 0 Å². The van der Waals surface area contributed by atoms with Crippen molar-refractivity contribution in [3.05, 3.63) is 42.0 Å². The van der Waals surface area contributed by atoms with Crippen LogP contribution >= 0.6 is 13.5 Å². The minimum absolute atomic E-state index is 0. The number of benzene rings is 1. The summed E-state index contributed by atoms with van der Waals surface area (Å²) >= 11 is 0. The molecule has 2 aromatic rings. The summed E-state index contributed by atoms with van der Waals surface area (Å²) in [4.78, 5) is 0. The lowest BCUT2D eigenvalue weighted by molar-refractivity contribution is 0.572. The summed E-state index contributed by atoms with van der Waals surface area (Å²) in [6.45, 7) is 7.43. The molecule has 0 saturated carbocycles. The van der Waals surface area contributed by atoms with Crippen molar-refractivity contribution in [3.63, 3.8) is 0 Å². The van der Waals surface area contributed by atoms with Gasteiger partial charge in [0.15, 0.2) is 0 Å². The first-order chi connectivity index (χ1) is 9.79. The fourth-order valence-electron chi connectivity index (χ4n) is 1.87. The third-order valence-electron chi connectivity index (χ3n) is 3.14. The summed E-state index contributed by atoms with van der Waals surface area (Å²) in [6, 6.07) is 4.69. The summed E-state index contributed by atoms with van der Waals surface area (Å²) in [5, 5.41) is 6.55. The van der Waals surface area contributed by atoms with Crippen LogP contribution in [-0.2, 0) is 11.0 Å². The van der Waals surface area contributed by atoms with Gasteiger partial charge in [0.1, 0.15) is 5.82 Å². The number of nitrogens with zero attached hydrogens (tertiary/aromatic N) is 1. The molecule has 1 heterocycles. The minimum Gasteiger partial charge on any atom is -0.285 e. The van der Waals surface area contributed by atoms with Gasteiger partial charge in [-0.1, -0.05) is 12.1 Å². The van der Waals surface area contributed by atoms with Crippen molar-refractivity contribution < 1.29 is 8.60 Å². The van der Waals surface area contributed by atoms with Crippen LogP contribution in [0.3, 0.4) is 0 Å². The zero-order chi connectivity index (χ0) is 15.6. The Bertz CT molecular complexity index is 639. The molecule has 7 heteroatoms. The van der Waals surface area contributed by atoms with Crippen LogP contribution in [-0.4, -0.2) is 19.2 Å². The van der Waals surface area contributed by atoms with Crippen molar-refractivity contribution in [2.75, 3.05) is 0 Å². The number of H-pyrrole nitrogens is 1. The van der Waals surface area contributed by atoms with Crippen LogP contribution in [0.4, 0.5) is 4.39 Å². The number of halogens is 1. The number of hydrogen-bond acceptors (Lipinski definition) is 2. The minimum atomic E-state index is -1.24. The molecule has 0 amide bonds. The molecule has 0 saturated heterocycles. The van der Waals surface area contributed by atoms with E-state index in [1.165, 1.54) is 6.07 Å². The van der Waals surface area contributed by atoms with Crippen LogP contribution in [0, 0.1) is 5.82 Å². The lowest BCUT2D eigenvalue weighted by Gasteiger charge is -2.22. The highest BCUT2D eigenvalue weighted by Crippen LogP contribution is 2.25. The summed E-state index contributed by atoms with van der Waals surface area (Å²) in [6.07, 6.45) is 3.36. The molecular formula is C15H22FN3OS2. The van der Waals surface area contributed by atoms with E-state index in [1.54, 1.807) is 25.4 Å². The van der Waals surface area contributed by atoms with Crippen LogP contribution in [0.25, 0.3) is 11.1 Å². The Hall–Kier alpha value is -1.18. The van der Waals surface area contributed by atoms with Crippen molar-refractivity contribution in [1.82, 2.24) is 14.9 Å². The highest BCUT2D eigenvalue weighted by atomic mass is 32.2. The zero-order valence-electron chi connectivity index (χ0n) is 13.1. The molecule has 0 unspecified atom stereocenters. The van der Waals surface area contributed by atoms with Gasteiger partial charge < -0.3 is 0 Å². The number of aromatic amines is 1. The second-order valence-electron chi connectivity index (χ2n) is 5.94. The van der Waals surface area contributed by atoms with Gasteiger partial charge in [-0.2, -0.15) is 18.6 Å². The van der Waals surface area contributed by atoms with Crippen molar-refractivity contribution >= 4 is 24.5 Å². The molecule has 0 fully saturated rings. The van der Waals surface area contributed by atoms with E-state index in [2.05, 4.69) is 14.9 Å². The highest BCUT2D eigenvalue weighted by Gasteiger charge is 2.23. The Morgan fingerprint density at radius 1 is 1.32 bits per heavy atom. The average molecular weight is 343 g/mol. The third-order valence-corrected chi connectivity index (χ3v) is 4.82. The molecule has 0 aliphatic carbocycles. The molecule has 1 aromatic carbocycles. The maximum atomic E-state index is 14.3. The molecule has 122 valence electrons. The molecule has 0 radical (unpaired) electrons. The first-order valence-electron chi connectivity index (χ1n) is 6.75. The molecule has 2 N–H and O–H groups in total. The summed E-state index contributed by atoms with van der Waals surface area (Å²) < 4.78 is 28.9. The first kappa shape index (κ1) is 18.9. The molecule has 0 aliphatic rings. The van der Waals surface area contributed by atoms with Gasteiger partial charge in [0, 0.05) is 23.4 Å². The predicted octanol–water partition coefficient (Wildman–Crippen LogP) is 3.44. The van der Waals surface area contributed by atoms with Gasteiger partial charge in [-0.15, -0.1) is 0 Å². The maximum Gasteiger partial charge on any atom is 0.128 e. The van der Waals surface area contributed by atoms with E-state index in [4.69, 9.17) is 0 Å². The molecule has 0 spiro atoms. The fraction of sp³-hybridized carbons (Fsp3) is 0.400. The maximum absolute atomic E-state index is 14.3. The van der Waals surface area contributed by atoms with Gasteiger partial charge in [-0.25, -0.2) is 13.3 Å². The summed E-state index contributed by atoms with van der Waals surface area (Å²) in [7, 11) is -1.24. The second-order valence-corrected chi connectivity index (χ2v) is 7.94. The van der Waals surface area contributed by atoms with Crippen molar-refractivity contribution in [1.29, 1.82) is 0 Å². The van der Waals surface area contributed by atoms with E-state index in [-0.39, 0.29) is 30.1 Å². The monoisotopic (exact) mass is 343 g/mol. The first-order valence-corrected chi connectivity index (χ1v) is 7.90. The van der Waals surface area contributed by atoms with Gasteiger partial charge in [-0.05, 0) is 39.3 Å². The van der Waals surface area contributed by atoms with Crippen LogP contribution in [0.1, 0.15) is 39.3 Å². The highest BCUT2D eigenvalue weighted by molar-refractivity contribution is 7.84. The Morgan fingerprint density at radius 2 is 2.00 bits per heavy atom. The Balaban J connectivity index is 0.00000242. The zero-order valence-corrected chi connectivity index (χ0v) is 14.9. The van der Waals surface area contributed by atoms with Crippen LogP contribution in [0.2, 0.25) is 0 Å². The number of nitrogens with one attached hydrogen (secondary N) is 2. The van der Waals surface area contributed by atoms with E-state index in [9.17, 15) is 8.60 Å². The second kappa shape index (κ2) is 7.39. The molecule has 4 nitrogen and oxygen atoms in total. The Kier molecular flexibility index (Phi) is 6.34. The predicted molar refractivity (Wildman–Crippen MR) is 93.8 cm³/mol. The largest absolute Gasteiger partial charge is 0.285 e. The number of hydrogen-bond donors (Lipinski definition) is 2. The van der Waals surface area contributed by atoms with Crippen molar-refractivity contribution in [2.24, 2.45) is 0 Å². The Labute approximate surface area is 139 Å². The molecule has 0 aliphatic heterocycles. The molecular weight excluding hydrogens is 321 g/mol. The van der Waals surface area contributed by atoms with Crippen molar-refractivity contribution in [3.8, 4) is 11.1 Å². The molecule has 0 bridgehead atoms. The summed E-state index contributed by atoms with van der Waals surface area (Å²) in [5.74, 6) is -0.320. The molecule has 22 heavy (non-hydrogen) atoms. The molecule has 1 aromatic heterocycles. The number of aromatic nitrogens is 2. The van der Waals surface area contributed by atoms with Gasteiger partial charge >= 0.3 is 0 Å². The number of rotatable bonds is 4. The van der Waals surface area contributed by atoms with Gasteiger partial charge in [-0.3, -0.25) is 5.10 Å². The lowest BCUT2D eigenvalue weighted by atomic mass is 10.0. The lowest BCUT2D eigenvalue weighted by Crippen LogP contribution is -2.35. The van der Waals surface area contributed by atoms with Gasteiger partial charge in [0.2, 0.25) is 0 Å². The van der Waals surface area contributed by atoms with Crippen LogP contribution in [0.15, 0.2) is 30.6 Å². The summed E-state index contributed by atoms with van der Waals surface area (Å²) in [5.41, 5.74) is 2.09. The van der Waals surface area contributed by atoms with E-state index < -0.39 is 11.0 Å². The topological polar surface area (TPSA) is 57.8 Å². The van der Waals surface area contributed by atoms with Crippen molar-refractivity contribution in [2.45, 2.75) is 38.5 Å². The Morgan fingerprint density at radius 3 is 2.50 bits per heavy atom. The van der Waals surface area contributed by atoms with Gasteiger partial charge in [0.25, 0.3) is 0 Å². The molecule has 2 rings (SSSR count). The van der Waals surface area contributed by atoms with E-state index in [0.717, 1.165) is 11.1 Å². The quantitative estimate of drug-likeness (QED) is 0.893. The molecule has 2 atom stereocenters. The normalized spacial score (nSPS) is 14.2. The fourth-order valence-corrected chi connectivity index (χ4v) is 2.67. The SMILES string of the molecule is C[C@H](N[S@](=O)C(C)(C)C)c1ccc(-c2cn[nH]c2)cc1F.S. The van der Waals surface area contributed by atoms with Gasteiger partial charge in [0.05, 0.1) is 21.9 Å².